The van der Waals surface area contributed by atoms with Gasteiger partial charge in [-0.2, -0.15) is 0 Å². The number of rotatable bonds is 3. The molecule has 0 saturated heterocycles. The average molecular weight is 205 g/mol. The summed E-state index contributed by atoms with van der Waals surface area (Å²) >= 11 is 0. The molecule has 1 aliphatic rings. The van der Waals surface area contributed by atoms with Gasteiger partial charge in [0.25, 0.3) is 0 Å². The summed E-state index contributed by atoms with van der Waals surface area (Å²) in [4.78, 5) is 4.52. The summed E-state index contributed by atoms with van der Waals surface area (Å²) in [6, 6.07) is 4.58. The van der Waals surface area contributed by atoms with Crippen molar-refractivity contribution >= 4 is 0 Å². The van der Waals surface area contributed by atoms with Crippen molar-refractivity contribution in [2.45, 2.75) is 44.6 Å². The third kappa shape index (κ3) is 2.03. The van der Waals surface area contributed by atoms with Gasteiger partial charge in [0.15, 0.2) is 0 Å². The Kier molecular flexibility index (Phi) is 3.34. The molecule has 0 aromatic carbocycles. The minimum atomic E-state index is 0.360. The molecule has 2 atom stereocenters. The maximum absolute atomic E-state index is 5.59. The molecule has 15 heavy (non-hydrogen) atoms. The molecule has 0 saturated carbocycles. The molecule has 2 rings (SSSR count). The van der Waals surface area contributed by atoms with Crippen LogP contribution in [0.15, 0.2) is 18.3 Å². The summed E-state index contributed by atoms with van der Waals surface area (Å²) in [5.41, 5.74) is 5.59. The Balaban J connectivity index is 2.28. The number of fused-ring (bicyclic) bond motifs is 1. The molecule has 82 valence electrons. The summed E-state index contributed by atoms with van der Waals surface area (Å²) in [6.07, 6.45) is 6.56. The number of hydrazine groups is 1. The van der Waals surface area contributed by atoms with E-state index in [1.54, 1.807) is 0 Å². The zero-order valence-electron chi connectivity index (χ0n) is 9.24. The predicted octanol–water partition coefficient (Wildman–Crippen LogP) is 1.74. The number of nitrogens with two attached hydrogens (primary N) is 1. The van der Waals surface area contributed by atoms with E-state index in [1.165, 1.54) is 30.5 Å². The molecule has 2 unspecified atom stereocenters. The number of nitrogens with zero attached hydrogens (tertiary/aromatic N) is 1. The predicted molar refractivity (Wildman–Crippen MR) is 61.3 cm³/mol. The lowest BCUT2D eigenvalue weighted by Gasteiger charge is -2.30. The third-order valence-electron chi connectivity index (χ3n) is 3.38. The van der Waals surface area contributed by atoms with Gasteiger partial charge in [0.2, 0.25) is 0 Å². The SMILES string of the molecule is CCC(NN)C1CCCc2cccnc21. The Morgan fingerprint density at radius 2 is 2.53 bits per heavy atom. The molecule has 0 bridgehead atoms. The van der Waals surface area contributed by atoms with Crippen molar-refractivity contribution in [3.8, 4) is 0 Å². The number of hydrogen-bond acceptors (Lipinski definition) is 3. The van der Waals surface area contributed by atoms with Crippen LogP contribution in [0.5, 0.6) is 0 Å². The summed E-state index contributed by atoms with van der Waals surface area (Å²) < 4.78 is 0. The van der Waals surface area contributed by atoms with Crippen molar-refractivity contribution in [3.05, 3.63) is 29.6 Å². The molecule has 1 aromatic heterocycles. The van der Waals surface area contributed by atoms with Gasteiger partial charge in [-0.25, -0.2) is 0 Å². The number of pyridine rings is 1. The molecule has 3 heteroatoms. The quantitative estimate of drug-likeness (QED) is 0.584. The Hall–Kier alpha value is -0.930. The number of nitrogens with one attached hydrogen (secondary N) is 1. The molecule has 0 fully saturated rings. The number of hydrogen-bond donors (Lipinski definition) is 2. The number of aromatic nitrogens is 1. The van der Waals surface area contributed by atoms with E-state index in [-0.39, 0.29) is 0 Å². The normalized spacial score (nSPS) is 22.1. The maximum Gasteiger partial charge on any atom is 0.0482 e. The van der Waals surface area contributed by atoms with Crippen LogP contribution in [0, 0.1) is 0 Å². The van der Waals surface area contributed by atoms with Gasteiger partial charge in [-0.3, -0.25) is 16.3 Å². The Bertz CT molecular complexity index is 320. The summed E-state index contributed by atoms with van der Waals surface area (Å²) in [6.45, 7) is 2.17. The second-order valence-corrected chi connectivity index (χ2v) is 4.23. The lowest BCUT2D eigenvalue weighted by atomic mass is 9.81. The fourth-order valence-corrected chi connectivity index (χ4v) is 2.56. The lowest BCUT2D eigenvalue weighted by molar-refractivity contribution is 0.381. The first-order valence-corrected chi connectivity index (χ1v) is 5.76. The summed E-state index contributed by atoms with van der Waals surface area (Å²) in [5.74, 6) is 6.08. The molecule has 3 N–H and O–H groups in total. The van der Waals surface area contributed by atoms with Gasteiger partial charge in [0.05, 0.1) is 0 Å². The van der Waals surface area contributed by atoms with E-state index in [0.717, 1.165) is 6.42 Å². The fraction of sp³-hybridized carbons (Fsp3) is 0.583. The van der Waals surface area contributed by atoms with Gasteiger partial charge < -0.3 is 0 Å². The lowest BCUT2D eigenvalue weighted by Crippen LogP contribution is -2.40. The molecule has 0 aliphatic heterocycles. The van der Waals surface area contributed by atoms with Gasteiger partial charge in [0, 0.05) is 23.9 Å². The maximum atomic E-state index is 5.59. The average Bonchev–Trinajstić information content (AvgIpc) is 2.31. The zero-order valence-corrected chi connectivity index (χ0v) is 9.24. The third-order valence-corrected chi connectivity index (χ3v) is 3.38. The van der Waals surface area contributed by atoms with Crippen LogP contribution >= 0.6 is 0 Å². The standard InChI is InChI=1S/C12H19N3/c1-2-11(15-13)10-7-3-5-9-6-4-8-14-12(9)10/h4,6,8,10-11,15H,2-3,5,7,13H2,1H3. The first kappa shape index (κ1) is 10.6. The molecule has 1 aliphatic carbocycles. The highest BCUT2D eigenvalue weighted by atomic mass is 15.2. The molecular weight excluding hydrogens is 186 g/mol. The second kappa shape index (κ2) is 4.73. The topological polar surface area (TPSA) is 50.9 Å². The first-order valence-electron chi connectivity index (χ1n) is 5.76. The van der Waals surface area contributed by atoms with Gasteiger partial charge in [-0.15, -0.1) is 0 Å². The molecule has 1 heterocycles. The van der Waals surface area contributed by atoms with Crippen LogP contribution in [0.3, 0.4) is 0 Å². The fourth-order valence-electron chi connectivity index (χ4n) is 2.56. The Morgan fingerprint density at radius 3 is 3.27 bits per heavy atom. The summed E-state index contributed by atoms with van der Waals surface area (Å²) in [5, 5.41) is 0. The van der Waals surface area contributed by atoms with Crippen molar-refractivity contribution in [2.75, 3.05) is 0 Å². The van der Waals surface area contributed by atoms with Gasteiger partial charge in [0.1, 0.15) is 0 Å². The Morgan fingerprint density at radius 1 is 1.67 bits per heavy atom. The molecule has 0 radical (unpaired) electrons. The van der Waals surface area contributed by atoms with Gasteiger partial charge >= 0.3 is 0 Å². The van der Waals surface area contributed by atoms with Crippen molar-refractivity contribution in [1.82, 2.24) is 10.4 Å². The van der Waals surface area contributed by atoms with Crippen LogP contribution in [0.1, 0.15) is 43.4 Å². The highest BCUT2D eigenvalue weighted by Gasteiger charge is 2.26. The van der Waals surface area contributed by atoms with Crippen LogP contribution in [0.2, 0.25) is 0 Å². The van der Waals surface area contributed by atoms with Crippen molar-refractivity contribution < 1.29 is 0 Å². The van der Waals surface area contributed by atoms with E-state index in [4.69, 9.17) is 5.84 Å². The van der Waals surface area contributed by atoms with Crippen molar-refractivity contribution in [3.63, 3.8) is 0 Å². The minimum Gasteiger partial charge on any atom is -0.271 e. The number of aryl methyl sites for hydroxylation is 1. The van der Waals surface area contributed by atoms with E-state index in [9.17, 15) is 0 Å². The van der Waals surface area contributed by atoms with Crippen LogP contribution < -0.4 is 11.3 Å². The monoisotopic (exact) mass is 205 g/mol. The van der Waals surface area contributed by atoms with Crippen molar-refractivity contribution in [1.29, 1.82) is 0 Å². The van der Waals surface area contributed by atoms with Crippen LogP contribution in [0.4, 0.5) is 0 Å². The van der Waals surface area contributed by atoms with E-state index in [0.29, 0.717) is 12.0 Å². The second-order valence-electron chi connectivity index (χ2n) is 4.23. The van der Waals surface area contributed by atoms with E-state index in [2.05, 4.69) is 23.4 Å². The van der Waals surface area contributed by atoms with Crippen LogP contribution in [-0.4, -0.2) is 11.0 Å². The first-order chi connectivity index (χ1) is 7.36. The molecule has 1 aromatic rings. The molecule has 0 spiro atoms. The molecule has 0 amide bonds. The molecular formula is C12H19N3. The largest absolute Gasteiger partial charge is 0.271 e. The van der Waals surface area contributed by atoms with Gasteiger partial charge in [-0.1, -0.05) is 13.0 Å². The highest BCUT2D eigenvalue weighted by molar-refractivity contribution is 5.27. The minimum absolute atomic E-state index is 0.360. The smallest absolute Gasteiger partial charge is 0.0482 e. The van der Waals surface area contributed by atoms with E-state index in [1.807, 2.05) is 12.3 Å². The highest BCUT2D eigenvalue weighted by Crippen LogP contribution is 2.32. The Labute approximate surface area is 91.1 Å². The van der Waals surface area contributed by atoms with Crippen molar-refractivity contribution in [2.24, 2.45) is 5.84 Å². The van der Waals surface area contributed by atoms with E-state index < -0.39 is 0 Å². The zero-order chi connectivity index (χ0) is 10.7. The molecule has 3 nitrogen and oxygen atoms in total. The van der Waals surface area contributed by atoms with Gasteiger partial charge in [-0.05, 0) is 37.3 Å². The van der Waals surface area contributed by atoms with Crippen LogP contribution in [0.25, 0.3) is 0 Å². The van der Waals surface area contributed by atoms with E-state index >= 15 is 0 Å². The summed E-state index contributed by atoms with van der Waals surface area (Å²) in [7, 11) is 0. The van der Waals surface area contributed by atoms with Crippen LogP contribution in [-0.2, 0) is 6.42 Å².